The Bertz CT molecular complexity index is 766. The third-order valence-electron chi connectivity index (χ3n) is 4.27. The Balaban J connectivity index is 1.76. The zero-order chi connectivity index (χ0) is 17.8. The number of carbonyl (C=O) groups is 2. The summed E-state index contributed by atoms with van der Waals surface area (Å²) >= 11 is 0. The van der Waals surface area contributed by atoms with Gasteiger partial charge in [0.25, 0.3) is 0 Å². The van der Waals surface area contributed by atoms with E-state index in [4.69, 9.17) is 4.74 Å². The summed E-state index contributed by atoms with van der Waals surface area (Å²) < 4.78 is 4.98. The number of aromatic nitrogens is 1. The topological polar surface area (TPSA) is 74.8 Å². The van der Waals surface area contributed by atoms with Crippen LogP contribution in [-0.2, 0) is 4.74 Å². The maximum absolute atomic E-state index is 12.6. The average Bonchev–Trinajstić information content (AvgIpc) is 3.07. The third-order valence-corrected chi connectivity index (χ3v) is 4.27. The van der Waals surface area contributed by atoms with Crippen LogP contribution in [0, 0.1) is 0 Å². The molecule has 0 spiro atoms. The van der Waals surface area contributed by atoms with E-state index in [0.29, 0.717) is 24.5 Å². The highest BCUT2D eigenvalue weighted by atomic mass is 16.6. The Labute approximate surface area is 146 Å². The number of anilines is 2. The van der Waals surface area contributed by atoms with E-state index in [2.05, 4.69) is 10.3 Å². The van der Waals surface area contributed by atoms with Crippen molar-refractivity contribution in [3.05, 3.63) is 54.4 Å². The number of ether oxygens (including phenoxy) is 1. The molecule has 0 unspecified atom stereocenters. The summed E-state index contributed by atoms with van der Waals surface area (Å²) in [5.74, 6) is 0. The normalized spacial score (nSPS) is 14.8. The molecule has 2 heterocycles. The number of pyridine rings is 1. The van der Waals surface area contributed by atoms with E-state index in [-0.39, 0.29) is 12.1 Å². The molecular weight excluding hydrogens is 320 g/mol. The zero-order valence-electron chi connectivity index (χ0n) is 14.2. The number of nitrogens with one attached hydrogen (secondary N) is 1. The number of urea groups is 1. The highest BCUT2D eigenvalue weighted by Crippen LogP contribution is 2.29. The van der Waals surface area contributed by atoms with Crippen molar-refractivity contribution >= 4 is 23.5 Å². The van der Waals surface area contributed by atoms with E-state index >= 15 is 0 Å². The second kappa shape index (κ2) is 7.21. The van der Waals surface area contributed by atoms with E-state index in [1.54, 1.807) is 36.5 Å². The smallest absolute Gasteiger partial charge is 0.414 e. The fourth-order valence-electron chi connectivity index (χ4n) is 2.65. The van der Waals surface area contributed by atoms with Crippen LogP contribution in [0.5, 0.6) is 0 Å². The van der Waals surface area contributed by atoms with Gasteiger partial charge in [-0.15, -0.1) is 0 Å². The maximum Gasteiger partial charge on any atom is 0.414 e. The van der Waals surface area contributed by atoms with Gasteiger partial charge in [0.2, 0.25) is 0 Å². The summed E-state index contributed by atoms with van der Waals surface area (Å²) in [4.78, 5) is 31.6. The maximum atomic E-state index is 12.6. The number of hydrogen-bond donors (Lipinski definition) is 1. The van der Waals surface area contributed by atoms with Gasteiger partial charge in [-0.25, -0.2) is 9.59 Å². The second-order valence-electron chi connectivity index (χ2n) is 5.79. The number of amides is 3. The number of rotatable bonds is 4. The molecule has 1 aliphatic heterocycles. The summed E-state index contributed by atoms with van der Waals surface area (Å²) in [6.07, 6.45) is 3.03. The third kappa shape index (κ3) is 3.55. The van der Waals surface area contributed by atoms with E-state index in [9.17, 15) is 9.59 Å². The Morgan fingerprint density at radius 3 is 2.80 bits per heavy atom. The largest absolute Gasteiger partial charge is 0.447 e. The first-order chi connectivity index (χ1) is 12.1. The van der Waals surface area contributed by atoms with Crippen LogP contribution in [0.4, 0.5) is 21.0 Å². The van der Waals surface area contributed by atoms with Gasteiger partial charge in [-0.1, -0.05) is 18.2 Å². The lowest BCUT2D eigenvalue weighted by Crippen LogP contribution is -2.34. The Kier molecular flexibility index (Phi) is 4.83. The van der Waals surface area contributed by atoms with E-state index < -0.39 is 6.09 Å². The first-order valence-electron chi connectivity index (χ1n) is 8.05. The summed E-state index contributed by atoms with van der Waals surface area (Å²) in [6, 6.07) is 10.5. The first-order valence-corrected chi connectivity index (χ1v) is 8.05. The molecule has 0 bridgehead atoms. The Morgan fingerprint density at radius 1 is 1.32 bits per heavy atom. The summed E-state index contributed by atoms with van der Waals surface area (Å²) in [5.41, 5.74) is 2.13. The monoisotopic (exact) mass is 340 g/mol. The SMILES string of the molecule is C[C@H](c1cccnc1)N(C)C(=O)Nc1ccccc1N1CCOC1=O. The van der Waals surface area contributed by atoms with Crippen molar-refractivity contribution in [2.75, 3.05) is 30.4 Å². The van der Waals surface area contributed by atoms with Crippen LogP contribution in [0.15, 0.2) is 48.8 Å². The number of para-hydroxylation sites is 2. The number of cyclic esters (lactones) is 1. The van der Waals surface area contributed by atoms with Gasteiger partial charge in [0.1, 0.15) is 6.61 Å². The lowest BCUT2D eigenvalue weighted by atomic mass is 10.1. The molecule has 25 heavy (non-hydrogen) atoms. The van der Waals surface area contributed by atoms with Crippen molar-refractivity contribution in [1.29, 1.82) is 0 Å². The fourth-order valence-corrected chi connectivity index (χ4v) is 2.65. The molecule has 3 amide bonds. The van der Waals surface area contributed by atoms with Crippen molar-refractivity contribution in [2.24, 2.45) is 0 Å². The van der Waals surface area contributed by atoms with Gasteiger partial charge in [-0.3, -0.25) is 9.88 Å². The zero-order valence-corrected chi connectivity index (χ0v) is 14.2. The standard InChI is InChI=1S/C18H20N4O3/c1-13(14-6-5-9-19-12-14)21(2)17(23)20-15-7-3-4-8-16(15)22-10-11-25-18(22)24/h3-9,12-13H,10-11H2,1-2H3,(H,20,23)/t13-/m1/s1. The second-order valence-corrected chi connectivity index (χ2v) is 5.79. The van der Waals surface area contributed by atoms with Crippen molar-refractivity contribution in [3.63, 3.8) is 0 Å². The van der Waals surface area contributed by atoms with Crippen molar-refractivity contribution in [2.45, 2.75) is 13.0 Å². The molecule has 1 aromatic carbocycles. The molecule has 0 aliphatic carbocycles. The van der Waals surface area contributed by atoms with E-state index in [1.807, 2.05) is 31.2 Å². The van der Waals surface area contributed by atoms with Crippen LogP contribution in [0.25, 0.3) is 0 Å². The minimum Gasteiger partial charge on any atom is -0.447 e. The van der Waals surface area contributed by atoms with Crippen LogP contribution in [0.2, 0.25) is 0 Å². The van der Waals surface area contributed by atoms with Crippen LogP contribution in [0.1, 0.15) is 18.5 Å². The van der Waals surface area contributed by atoms with Crippen LogP contribution in [-0.4, -0.2) is 42.2 Å². The minimum absolute atomic E-state index is 0.141. The summed E-state index contributed by atoms with van der Waals surface area (Å²) in [6.45, 7) is 2.74. The molecule has 0 radical (unpaired) electrons. The van der Waals surface area contributed by atoms with Crippen LogP contribution >= 0.6 is 0 Å². The van der Waals surface area contributed by atoms with Gasteiger partial charge in [-0.05, 0) is 30.7 Å². The number of carbonyl (C=O) groups excluding carboxylic acids is 2. The van der Waals surface area contributed by atoms with Gasteiger partial charge in [0, 0.05) is 19.4 Å². The molecule has 1 atom stereocenters. The number of nitrogens with zero attached hydrogens (tertiary/aromatic N) is 3. The van der Waals surface area contributed by atoms with Crippen molar-refractivity contribution < 1.29 is 14.3 Å². The molecule has 130 valence electrons. The van der Waals surface area contributed by atoms with Crippen LogP contribution in [0.3, 0.4) is 0 Å². The highest BCUT2D eigenvalue weighted by molar-refractivity contribution is 5.99. The molecule has 1 N–H and O–H groups in total. The molecule has 0 saturated carbocycles. The summed E-state index contributed by atoms with van der Waals surface area (Å²) in [5, 5.41) is 2.88. The average molecular weight is 340 g/mol. The predicted molar refractivity (Wildman–Crippen MR) is 94.6 cm³/mol. The van der Waals surface area contributed by atoms with Crippen molar-refractivity contribution in [1.82, 2.24) is 9.88 Å². The van der Waals surface area contributed by atoms with Gasteiger partial charge in [0.05, 0.1) is 24.0 Å². The number of benzene rings is 1. The Morgan fingerprint density at radius 2 is 2.12 bits per heavy atom. The van der Waals surface area contributed by atoms with Gasteiger partial charge < -0.3 is 15.0 Å². The molecule has 3 rings (SSSR count). The molecule has 2 aromatic rings. The first kappa shape index (κ1) is 16.8. The quantitative estimate of drug-likeness (QED) is 0.927. The van der Waals surface area contributed by atoms with Gasteiger partial charge >= 0.3 is 12.1 Å². The minimum atomic E-state index is -0.404. The number of hydrogen-bond acceptors (Lipinski definition) is 4. The molecule has 7 heteroatoms. The predicted octanol–water partition coefficient (Wildman–Crippen LogP) is 3.26. The highest BCUT2D eigenvalue weighted by Gasteiger charge is 2.26. The lowest BCUT2D eigenvalue weighted by Gasteiger charge is -2.26. The molecule has 1 aliphatic rings. The van der Waals surface area contributed by atoms with Gasteiger partial charge in [0.15, 0.2) is 0 Å². The molecule has 1 saturated heterocycles. The van der Waals surface area contributed by atoms with Gasteiger partial charge in [-0.2, -0.15) is 0 Å². The van der Waals surface area contributed by atoms with E-state index in [1.165, 1.54) is 4.90 Å². The lowest BCUT2D eigenvalue weighted by molar-refractivity contribution is 0.181. The molecule has 7 nitrogen and oxygen atoms in total. The van der Waals surface area contributed by atoms with Crippen LogP contribution < -0.4 is 10.2 Å². The fraction of sp³-hybridized carbons (Fsp3) is 0.278. The molecular formula is C18H20N4O3. The molecule has 1 aromatic heterocycles. The van der Waals surface area contributed by atoms with E-state index in [0.717, 1.165) is 5.56 Å². The Hall–Kier alpha value is -3.09. The van der Waals surface area contributed by atoms with Crippen molar-refractivity contribution in [3.8, 4) is 0 Å². The summed E-state index contributed by atoms with van der Waals surface area (Å²) in [7, 11) is 1.72. The molecule has 1 fully saturated rings.